The zero-order valence-corrected chi connectivity index (χ0v) is 13.0. The number of anilines is 2. The van der Waals surface area contributed by atoms with E-state index in [1.54, 1.807) is 0 Å². The maximum absolute atomic E-state index is 12.2. The van der Waals surface area contributed by atoms with Crippen molar-refractivity contribution in [2.45, 2.75) is 31.1 Å². The first-order valence-corrected chi connectivity index (χ1v) is 8.25. The highest BCUT2D eigenvalue weighted by Gasteiger charge is 2.22. The summed E-state index contributed by atoms with van der Waals surface area (Å²) >= 11 is 1.24. The number of hydrogen-bond acceptors (Lipinski definition) is 6. The van der Waals surface area contributed by atoms with Gasteiger partial charge in [0.05, 0.1) is 11.4 Å². The van der Waals surface area contributed by atoms with E-state index in [1.807, 2.05) is 26.2 Å². The van der Waals surface area contributed by atoms with Gasteiger partial charge in [0.2, 0.25) is 0 Å². The first-order valence-electron chi connectivity index (χ1n) is 5.88. The summed E-state index contributed by atoms with van der Waals surface area (Å²) in [4.78, 5) is 8.02. The molecule has 0 aliphatic rings. The number of nitrogens with one attached hydrogen (secondary N) is 1. The molecule has 0 aliphatic heterocycles. The van der Waals surface area contributed by atoms with Crippen molar-refractivity contribution < 1.29 is 8.42 Å². The highest BCUT2D eigenvalue weighted by molar-refractivity contribution is 7.93. The highest BCUT2D eigenvalue weighted by Crippen LogP contribution is 2.28. The van der Waals surface area contributed by atoms with Gasteiger partial charge in [-0.15, -0.1) is 11.3 Å². The fraction of sp³-hybridized carbons (Fsp3) is 0.333. The quantitative estimate of drug-likeness (QED) is 0.905. The minimum Gasteiger partial charge on any atom is -0.398 e. The minimum absolute atomic E-state index is 0.0486. The number of rotatable bonds is 3. The number of nitrogen functional groups attached to an aromatic ring is 1. The molecule has 20 heavy (non-hydrogen) atoms. The Morgan fingerprint density at radius 2 is 2.05 bits per heavy atom. The monoisotopic (exact) mass is 312 g/mol. The molecule has 2 aromatic heterocycles. The Labute approximate surface area is 122 Å². The van der Waals surface area contributed by atoms with Crippen LogP contribution < -0.4 is 10.5 Å². The van der Waals surface area contributed by atoms with Crippen LogP contribution in [-0.2, 0) is 15.4 Å². The number of pyridine rings is 1. The van der Waals surface area contributed by atoms with Crippen molar-refractivity contribution in [1.82, 2.24) is 9.97 Å². The fourth-order valence-corrected chi connectivity index (χ4v) is 3.72. The average Bonchev–Trinajstić information content (AvgIpc) is 2.76. The third-order valence-corrected chi connectivity index (χ3v) is 4.87. The smallest absolute Gasteiger partial charge is 0.267 e. The standard InChI is InChI=1S/C12H16N4O2S2/c1-12(2,3)10-7-19-11(15-10)16-20(17,18)9-6-14-5-4-8(9)13/h4-7H,1-3H3,(H2,13,14)(H,15,16). The van der Waals surface area contributed by atoms with E-state index < -0.39 is 10.0 Å². The molecule has 0 bridgehead atoms. The number of hydrogen-bond donors (Lipinski definition) is 2. The van der Waals surface area contributed by atoms with Gasteiger partial charge in [-0.25, -0.2) is 13.4 Å². The molecule has 3 N–H and O–H groups in total. The summed E-state index contributed by atoms with van der Waals surface area (Å²) < 4.78 is 26.9. The van der Waals surface area contributed by atoms with E-state index in [0.29, 0.717) is 5.13 Å². The van der Waals surface area contributed by atoms with Gasteiger partial charge in [0.1, 0.15) is 4.90 Å². The van der Waals surface area contributed by atoms with Gasteiger partial charge in [-0.1, -0.05) is 20.8 Å². The van der Waals surface area contributed by atoms with Gasteiger partial charge in [0.15, 0.2) is 5.13 Å². The molecule has 0 saturated heterocycles. The third kappa shape index (κ3) is 3.07. The predicted molar refractivity (Wildman–Crippen MR) is 80.3 cm³/mol. The molecule has 0 aromatic carbocycles. The second kappa shape index (κ2) is 5.02. The summed E-state index contributed by atoms with van der Waals surface area (Å²) in [6.45, 7) is 6.04. The Morgan fingerprint density at radius 1 is 1.35 bits per heavy atom. The van der Waals surface area contributed by atoms with Gasteiger partial charge in [-0.2, -0.15) is 0 Å². The SMILES string of the molecule is CC(C)(C)c1csc(NS(=O)(=O)c2cnccc2N)n1. The van der Waals surface area contributed by atoms with E-state index in [2.05, 4.69) is 14.7 Å². The van der Waals surface area contributed by atoms with Crippen LogP contribution in [0.3, 0.4) is 0 Å². The van der Waals surface area contributed by atoms with Gasteiger partial charge in [0, 0.05) is 23.2 Å². The van der Waals surface area contributed by atoms with Crippen molar-refractivity contribution in [1.29, 1.82) is 0 Å². The number of nitrogens with two attached hydrogens (primary N) is 1. The molecule has 0 spiro atoms. The second-order valence-corrected chi connectivity index (χ2v) is 7.82. The Kier molecular flexibility index (Phi) is 3.70. The molecule has 0 amide bonds. The lowest BCUT2D eigenvalue weighted by atomic mass is 9.93. The van der Waals surface area contributed by atoms with Crippen LogP contribution in [0.25, 0.3) is 0 Å². The molecule has 0 fully saturated rings. The Hall–Kier alpha value is -1.67. The van der Waals surface area contributed by atoms with Crippen LogP contribution in [0, 0.1) is 0 Å². The first kappa shape index (κ1) is 14.7. The number of aromatic nitrogens is 2. The molecule has 0 atom stereocenters. The van der Waals surface area contributed by atoms with Crippen LogP contribution in [0.4, 0.5) is 10.8 Å². The van der Waals surface area contributed by atoms with E-state index in [0.717, 1.165) is 5.69 Å². The molecule has 0 unspecified atom stereocenters. The molecule has 108 valence electrons. The van der Waals surface area contributed by atoms with Crippen LogP contribution in [0.15, 0.2) is 28.7 Å². The van der Waals surface area contributed by atoms with Crippen molar-refractivity contribution in [2.75, 3.05) is 10.5 Å². The molecule has 0 radical (unpaired) electrons. The van der Waals surface area contributed by atoms with Crippen LogP contribution >= 0.6 is 11.3 Å². The fourth-order valence-electron chi connectivity index (χ4n) is 1.45. The van der Waals surface area contributed by atoms with Crippen LogP contribution in [0.2, 0.25) is 0 Å². The Bertz CT molecular complexity index is 717. The predicted octanol–water partition coefficient (Wildman–Crippen LogP) is 2.22. The zero-order valence-electron chi connectivity index (χ0n) is 11.4. The van der Waals surface area contributed by atoms with Crippen LogP contribution in [0.5, 0.6) is 0 Å². The molecular formula is C12H16N4O2S2. The van der Waals surface area contributed by atoms with Gasteiger partial charge in [-0.3, -0.25) is 9.71 Å². The van der Waals surface area contributed by atoms with E-state index in [9.17, 15) is 8.42 Å². The average molecular weight is 312 g/mol. The van der Waals surface area contributed by atoms with Crippen molar-refractivity contribution in [3.8, 4) is 0 Å². The zero-order chi connectivity index (χ0) is 15.0. The molecular weight excluding hydrogens is 296 g/mol. The number of thiazole rings is 1. The summed E-state index contributed by atoms with van der Waals surface area (Å²) in [5, 5.41) is 2.16. The van der Waals surface area contributed by atoms with Crippen molar-refractivity contribution >= 4 is 32.2 Å². The van der Waals surface area contributed by atoms with Crippen LogP contribution in [-0.4, -0.2) is 18.4 Å². The minimum atomic E-state index is -3.77. The Morgan fingerprint density at radius 3 is 2.60 bits per heavy atom. The van der Waals surface area contributed by atoms with E-state index >= 15 is 0 Å². The molecule has 0 saturated carbocycles. The summed E-state index contributed by atoms with van der Waals surface area (Å²) in [5.74, 6) is 0. The second-order valence-electron chi connectivity index (χ2n) is 5.31. The maximum Gasteiger partial charge on any atom is 0.267 e. The maximum atomic E-state index is 12.2. The summed E-state index contributed by atoms with van der Waals surface area (Å²) in [6, 6.07) is 1.44. The largest absolute Gasteiger partial charge is 0.398 e. The third-order valence-electron chi connectivity index (χ3n) is 2.60. The van der Waals surface area contributed by atoms with E-state index in [1.165, 1.54) is 29.8 Å². The van der Waals surface area contributed by atoms with Gasteiger partial charge in [0.25, 0.3) is 10.0 Å². The van der Waals surface area contributed by atoms with Crippen molar-refractivity contribution in [3.05, 3.63) is 29.5 Å². The highest BCUT2D eigenvalue weighted by atomic mass is 32.2. The molecule has 2 heterocycles. The first-order chi connectivity index (χ1) is 9.20. The Balaban J connectivity index is 2.30. The number of sulfonamides is 1. The van der Waals surface area contributed by atoms with Crippen molar-refractivity contribution in [2.24, 2.45) is 0 Å². The van der Waals surface area contributed by atoms with Crippen LogP contribution in [0.1, 0.15) is 26.5 Å². The normalized spacial score (nSPS) is 12.3. The molecule has 6 nitrogen and oxygen atoms in total. The lowest BCUT2D eigenvalue weighted by Crippen LogP contribution is -2.16. The lowest BCUT2D eigenvalue weighted by Gasteiger charge is -2.14. The molecule has 2 aromatic rings. The van der Waals surface area contributed by atoms with Gasteiger partial charge < -0.3 is 5.73 Å². The summed E-state index contributed by atoms with van der Waals surface area (Å²) in [7, 11) is -3.77. The summed E-state index contributed by atoms with van der Waals surface area (Å²) in [6.07, 6.45) is 2.66. The van der Waals surface area contributed by atoms with Gasteiger partial charge in [-0.05, 0) is 6.07 Å². The van der Waals surface area contributed by atoms with E-state index in [4.69, 9.17) is 5.73 Å². The number of nitrogens with zero attached hydrogens (tertiary/aromatic N) is 2. The van der Waals surface area contributed by atoms with Crippen molar-refractivity contribution in [3.63, 3.8) is 0 Å². The van der Waals surface area contributed by atoms with E-state index in [-0.39, 0.29) is 16.0 Å². The molecule has 0 aliphatic carbocycles. The lowest BCUT2D eigenvalue weighted by molar-refractivity contribution is 0.573. The summed E-state index contributed by atoms with van der Waals surface area (Å²) in [5.41, 5.74) is 6.51. The van der Waals surface area contributed by atoms with Gasteiger partial charge >= 0.3 is 0 Å². The topological polar surface area (TPSA) is 98.0 Å². The molecule has 2 rings (SSSR count). The molecule has 8 heteroatoms.